The molecule has 1 atom stereocenters. The normalized spacial score (nSPS) is 12.7. The minimum atomic E-state index is -0.733. The van der Waals surface area contributed by atoms with Gasteiger partial charge < -0.3 is 9.84 Å². The molecule has 0 saturated carbocycles. The summed E-state index contributed by atoms with van der Waals surface area (Å²) in [7, 11) is 0. The van der Waals surface area contributed by atoms with Gasteiger partial charge in [0.2, 0.25) is 0 Å². The lowest BCUT2D eigenvalue weighted by Gasteiger charge is -2.11. The summed E-state index contributed by atoms with van der Waals surface area (Å²) in [6.07, 6.45) is 50.5. The number of ether oxygens (including phenoxy) is 1. The van der Waals surface area contributed by atoms with Gasteiger partial charge >= 0.3 is 11.9 Å². The van der Waals surface area contributed by atoms with Crippen molar-refractivity contribution < 1.29 is 19.4 Å². The van der Waals surface area contributed by atoms with E-state index in [1.807, 2.05) is 12.2 Å². The van der Waals surface area contributed by atoms with Crippen LogP contribution >= 0.6 is 0 Å². The minimum absolute atomic E-state index is 0.121. The van der Waals surface area contributed by atoms with Crippen molar-refractivity contribution in [2.45, 2.75) is 206 Å². The van der Waals surface area contributed by atoms with Crippen molar-refractivity contribution in [2.75, 3.05) is 0 Å². The summed E-state index contributed by atoms with van der Waals surface area (Å²) in [6.45, 7) is 4.40. The lowest BCUT2D eigenvalue weighted by molar-refractivity contribution is -0.145. The molecule has 0 aromatic carbocycles. The lowest BCUT2D eigenvalue weighted by Crippen LogP contribution is -2.13. The summed E-state index contributed by atoms with van der Waals surface area (Å²) in [5.41, 5.74) is 0. The van der Waals surface area contributed by atoms with E-state index in [1.165, 1.54) is 122 Å². The molecule has 0 aliphatic rings. The second kappa shape index (κ2) is 37.4. The Morgan fingerprint density at radius 1 is 0.500 bits per heavy atom. The summed E-state index contributed by atoms with van der Waals surface area (Å²) < 4.78 is 5.75. The van der Waals surface area contributed by atoms with Gasteiger partial charge in [-0.25, -0.2) is 0 Å². The number of carbonyl (C=O) groups excluding carboxylic acids is 1. The van der Waals surface area contributed by atoms with Crippen molar-refractivity contribution in [1.82, 2.24) is 0 Å². The maximum Gasteiger partial charge on any atom is 0.306 e. The van der Waals surface area contributed by atoms with Crippen LogP contribution in [0, 0.1) is 0 Å². The zero-order valence-corrected chi connectivity index (χ0v) is 30.4. The van der Waals surface area contributed by atoms with Crippen LogP contribution < -0.4 is 0 Å². The molecule has 0 radical (unpaired) electrons. The standard InChI is InChI=1S/C42H74O4/c1-3-5-7-9-10-11-12-13-14-15-16-17-18-19-20-21-22-23-24-25-26-31-35-39-42(45)46-40(36-32-28-8-6-4-2)37-33-29-27-30-34-38-41(43)44/h6,8,15-16,32-33,36-37,40H,3-5,7,9-14,17-31,34-35,38-39H2,1-2H3,(H,43,44)/b8-6-,16-15-,36-32-,37-33-. The van der Waals surface area contributed by atoms with Crippen LogP contribution in [0.2, 0.25) is 0 Å². The molecule has 46 heavy (non-hydrogen) atoms. The predicted octanol–water partition coefficient (Wildman–Crippen LogP) is 13.6. The molecule has 0 saturated heterocycles. The topological polar surface area (TPSA) is 63.6 Å². The molecule has 4 heteroatoms. The second-order valence-corrected chi connectivity index (χ2v) is 13.1. The van der Waals surface area contributed by atoms with Crippen molar-refractivity contribution in [3.63, 3.8) is 0 Å². The van der Waals surface area contributed by atoms with Crippen molar-refractivity contribution >= 4 is 11.9 Å². The summed E-state index contributed by atoms with van der Waals surface area (Å²) in [5.74, 6) is -0.854. The van der Waals surface area contributed by atoms with Crippen molar-refractivity contribution in [3.05, 3.63) is 48.6 Å². The van der Waals surface area contributed by atoms with Crippen molar-refractivity contribution in [3.8, 4) is 0 Å². The number of carbonyl (C=O) groups is 2. The highest BCUT2D eigenvalue weighted by molar-refractivity contribution is 5.69. The van der Waals surface area contributed by atoms with Gasteiger partial charge in [-0.3, -0.25) is 9.59 Å². The fourth-order valence-corrected chi connectivity index (χ4v) is 5.61. The molecular weight excluding hydrogens is 568 g/mol. The van der Waals surface area contributed by atoms with E-state index in [9.17, 15) is 9.59 Å². The van der Waals surface area contributed by atoms with E-state index in [2.05, 4.69) is 50.3 Å². The number of allylic oxidation sites excluding steroid dienone is 6. The smallest absolute Gasteiger partial charge is 0.306 e. The Hall–Kier alpha value is -2.10. The van der Waals surface area contributed by atoms with Gasteiger partial charge in [0.05, 0.1) is 0 Å². The van der Waals surface area contributed by atoms with E-state index in [1.54, 1.807) is 0 Å². The molecule has 1 unspecified atom stereocenters. The number of hydrogen-bond acceptors (Lipinski definition) is 3. The monoisotopic (exact) mass is 643 g/mol. The highest BCUT2D eigenvalue weighted by Crippen LogP contribution is 2.14. The Kier molecular flexibility index (Phi) is 35.7. The van der Waals surface area contributed by atoms with Gasteiger partial charge in [0, 0.05) is 12.8 Å². The summed E-state index contributed by atoms with van der Waals surface area (Å²) >= 11 is 0. The van der Waals surface area contributed by atoms with E-state index in [0.29, 0.717) is 12.8 Å². The Morgan fingerprint density at radius 2 is 0.935 bits per heavy atom. The van der Waals surface area contributed by atoms with Crippen LogP contribution in [0.25, 0.3) is 0 Å². The molecule has 0 heterocycles. The maximum atomic E-state index is 12.5. The minimum Gasteiger partial charge on any atom is -0.481 e. The third-order valence-corrected chi connectivity index (χ3v) is 8.50. The van der Waals surface area contributed by atoms with Crippen LogP contribution in [0.4, 0.5) is 0 Å². The average Bonchev–Trinajstić information content (AvgIpc) is 3.04. The Balaban J connectivity index is 3.76. The SMILES string of the molecule is CC/C=C\C/C=C\C(/C=C\CCCCCC(=O)O)OC(=O)CCCCCCCCCCCCC/C=C\CCCCCCCCCC. The van der Waals surface area contributed by atoms with Gasteiger partial charge in [-0.1, -0.05) is 159 Å². The first-order valence-corrected chi connectivity index (χ1v) is 19.6. The van der Waals surface area contributed by atoms with E-state index in [-0.39, 0.29) is 18.5 Å². The lowest BCUT2D eigenvalue weighted by atomic mass is 10.0. The Bertz CT molecular complexity index is 779. The zero-order chi connectivity index (χ0) is 33.6. The Morgan fingerprint density at radius 3 is 1.46 bits per heavy atom. The van der Waals surface area contributed by atoms with Crippen molar-refractivity contribution in [2.24, 2.45) is 0 Å². The summed E-state index contributed by atoms with van der Waals surface area (Å²) in [4.78, 5) is 23.1. The number of carboxylic acid groups (broad SMARTS) is 1. The first-order valence-electron chi connectivity index (χ1n) is 19.6. The van der Waals surface area contributed by atoms with E-state index < -0.39 is 5.97 Å². The molecule has 1 N–H and O–H groups in total. The second-order valence-electron chi connectivity index (χ2n) is 13.1. The highest BCUT2D eigenvalue weighted by atomic mass is 16.5. The van der Waals surface area contributed by atoms with Gasteiger partial charge in [0.1, 0.15) is 6.10 Å². The zero-order valence-electron chi connectivity index (χ0n) is 30.4. The van der Waals surface area contributed by atoms with E-state index >= 15 is 0 Å². The molecule has 0 rings (SSSR count). The number of esters is 1. The predicted molar refractivity (Wildman–Crippen MR) is 199 cm³/mol. The fraction of sp³-hybridized carbons (Fsp3) is 0.762. The molecule has 0 aliphatic heterocycles. The number of rotatable bonds is 35. The molecule has 0 aromatic rings. The molecular formula is C42H74O4. The third kappa shape index (κ3) is 36.4. The summed E-state index contributed by atoms with van der Waals surface area (Å²) in [5, 5.41) is 8.75. The summed E-state index contributed by atoms with van der Waals surface area (Å²) in [6, 6.07) is 0. The van der Waals surface area contributed by atoms with Gasteiger partial charge in [-0.15, -0.1) is 0 Å². The number of carboxylic acids is 1. The maximum absolute atomic E-state index is 12.5. The van der Waals surface area contributed by atoms with Crippen molar-refractivity contribution in [1.29, 1.82) is 0 Å². The van der Waals surface area contributed by atoms with E-state index in [0.717, 1.165) is 44.9 Å². The van der Waals surface area contributed by atoms with Crippen LogP contribution in [0.15, 0.2) is 48.6 Å². The van der Waals surface area contributed by atoms with Gasteiger partial charge in [-0.2, -0.15) is 0 Å². The fourth-order valence-electron chi connectivity index (χ4n) is 5.61. The van der Waals surface area contributed by atoms with Crippen LogP contribution in [0.1, 0.15) is 200 Å². The number of hydrogen-bond donors (Lipinski definition) is 1. The average molecular weight is 643 g/mol. The van der Waals surface area contributed by atoms with Crippen LogP contribution in [0.5, 0.6) is 0 Å². The van der Waals surface area contributed by atoms with Crippen LogP contribution in [-0.4, -0.2) is 23.1 Å². The van der Waals surface area contributed by atoms with Crippen LogP contribution in [-0.2, 0) is 14.3 Å². The molecule has 4 nitrogen and oxygen atoms in total. The molecule has 0 spiro atoms. The molecule has 0 fully saturated rings. The first kappa shape index (κ1) is 43.9. The van der Waals surface area contributed by atoms with Gasteiger partial charge in [-0.05, 0) is 76.4 Å². The molecule has 0 amide bonds. The van der Waals surface area contributed by atoms with Gasteiger partial charge in [0.25, 0.3) is 0 Å². The largest absolute Gasteiger partial charge is 0.481 e. The van der Waals surface area contributed by atoms with Crippen LogP contribution in [0.3, 0.4) is 0 Å². The third-order valence-electron chi connectivity index (χ3n) is 8.50. The number of unbranched alkanes of at least 4 members (excludes halogenated alkanes) is 22. The molecule has 0 aromatic heterocycles. The first-order chi connectivity index (χ1) is 22.6. The van der Waals surface area contributed by atoms with Gasteiger partial charge in [0.15, 0.2) is 0 Å². The quantitative estimate of drug-likeness (QED) is 0.0424. The molecule has 266 valence electrons. The molecule has 0 bridgehead atoms. The Labute approximate surface area is 285 Å². The highest BCUT2D eigenvalue weighted by Gasteiger charge is 2.08. The number of aliphatic carboxylic acids is 1. The van der Waals surface area contributed by atoms with E-state index in [4.69, 9.17) is 9.84 Å². The molecule has 0 aliphatic carbocycles.